The molecule has 0 aliphatic carbocycles. The van der Waals surface area contributed by atoms with Crippen molar-refractivity contribution in [3.05, 3.63) is 26.7 Å². The van der Waals surface area contributed by atoms with Crippen molar-refractivity contribution < 1.29 is 4.84 Å². The summed E-state index contributed by atoms with van der Waals surface area (Å²) >= 11 is 0. The van der Waals surface area contributed by atoms with Gasteiger partial charge in [0, 0.05) is 7.05 Å². The van der Waals surface area contributed by atoms with Crippen LogP contribution in [0.4, 0.5) is 0 Å². The molecule has 0 atom stereocenters. The third kappa shape index (κ3) is 1.32. The predicted molar refractivity (Wildman–Crippen MR) is 57.5 cm³/mol. The number of aromatic nitrogens is 4. The van der Waals surface area contributed by atoms with Crippen molar-refractivity contribution in [2.45, 2.75) is 13.8 Å². The standard InChI is InChI=1S/C9H12N4O3/c1-4-16-13-5(2)10-7-6(13)8(14)11-9(15)12(7)3/h4H2,1-3H3,(H,11,14,15). The van der Waals surface area contributed by atoms with Crippen molar-refractivity contribution >= 4 is 11.2 Å². The molecule has 0 aliphatic rings. The van der Waals surface area contributed by atoms with Gasteiger partial charge >= 0.3 is 5.69 Å². The number of imidazole rings is 1. The molecular formula is C9H12N4O3. The smallest absolute Gasteiger partial charge is 0.329 e. The van der Waals surface area contributed by atoms with E-state index in [-0.39, 0.29) is 5.52 Å². The lowest BCUT2D eigenvalue weighted by molar-refractivity contribution is 0.125. The third-order valence-corrected chi connectivity index (χ3v) is 2.29. The van der Waals surface area contributed by atoms with E-state index >= 15 is 0 Å². The summed E-state index contributed by atoms with van der Waals surface area (Å²) in [6, 6.07) is 0. The van der Waals surface area contributed by atoms with Gasteiger partial charge in [0.2, 0.25) is 0 Å². The van der Waals surface area contributed by atoms with Crippen molar-refractivity contribution in [2.24, 2.45) is 7.05 Å². The minimum absolute atomic E-state index is 0.251. The second-order valence-electron chi connectivity index (χ2n) is 3.36. The predicted octanol–water partition coefficient (Wildman–Crippen LogP) is -0.820. The van der Waals surface area contributed by atoms with Gasteiger partial charge < -0.3 is 4.84 Å². The summed E-state index contributed by atoms with van der Waals surface area (Å²) in [7, 11) is 1.54. The molecule has 1 N–H and O–H groups in total. The molecule has 0 amide bonds. The first-order chi connectivity index (χ1) is 7.56. The third-order valence-electron chi connectivity index (χ3n) is 2.29. The van der Waals surface area contributed by atoms with E-state index in [4.69, 9.17) is 4.84 Å². The molecule has 2 aromatic rings. The minimum atomic E-state index is -0.493. The van der Waals surface area contributed by atoms with Gasteiger partial charge in [-0.25, -0.2) is 9.78 Å². The average Bonchev–Trinajstić information content (AvgIpc) is 2.54. The molecule has 0 aromatic carbocycles. The van der Waals surface area contributed by atoms with Gasteiger partial charge in [0.05, 0.1) is 0 Å². The maximum absolute atomic E-state index is 11.7. The molecule has 16 heavy (non-hydrogen) atoms. The lowest BCUT2D eigenvalue weighted by Crippen LogP contribution is -2.30. The molecule has 0 bridgehead atoms. The van der Waals surface area contributed by atoms with Crippen molar-refractivity contribution in [3.63, 3.8) is 0 Å². The molecule has 0 saturated heterocycles. The molecular weight excluding hydrogens is 212 g/mol. The second-order valence-corrected chi connectivity index (χ2v) is 3.36. The van der Waals surface area contributed by atoms with Crippen LogP contribution in [0.3, 0.4) is 0 Å². The SMILES string of the molecule is CCOn1c(C)nc2c1c(=O)[nH]c(=O)n2C. The van der Waals surface area contributed by atoms with E-state index in [0.29, 0.717) is 18.1 Å². The zero-order valence-corrected chi connectivity index (χ0v) is 9.27. The first-order valence-electron chi connectivity index (χ1n) is 4.88. The summed E-state index contributed by atoms with van der Waals surface area (Å²) in [5.74, 6) is 0.531. The van der Waals surface area contributed by atoms with Gasteiger partial charge in [-0.15, -0.1) is 0 Å². The highest BCUT2D eigenvalue weighted by Gasteiger charge is 2.15. The van der Waals surface area contributed by atoms with Crippen LogP contribution in [0, 0.1) is 6.92 Å². The zero-order chi connectivity index (χ0) is 11.9. The van der Waals surface area contributed by atoms with Crippen LogP contribution in [0.15, 0.2) is 9.59 Å². The van der Waals surface area contributed by atoms with E-state index in [2.05, 4.69) is 9.97 Å². The molecule has 0 unspecified atom stereocenters. The van der Waals surface area contributed by atoms with Crippen LogP contribution in [-0.2, 0) is 7.05 Å². The van der Waals surface area contributed by atoms with Gasteiger partial charge in [-0.05, 0) is 13.8 Å². The van der Waals surface area contributed by atoms with Crippen LogP contribution in [-0.4, -0.2) is 25.9 Å². The Morgan fingerprint density at radius 1 is 1.44 bits per heavy atom. The summed E-state index contributed by atoms with van der Waals surface area (Å²) in [5.41, 5.74) is -0.410. The van der Waals surface area contributed by atoms with Crippen LogP contribution in [0.25, 0.3) is 11.2 Å². The molecule has 7 heteroatoms. The van der Waals surface area contributed by atoms with E-state index in [1.165, 1.54) is 9.30 Å². The number of hydrogen-bond donors (Lipinski definition) is 1. The Morgan fingerprint density at radius 3 is 2.75 bits per heavy atom. The average molecular weight is 224 g/mol. The lowest BCUT2D eigenvalue weighted by atomic mass is 10.5. The number of aromatic amines is 1. The Kier molecular flexibility index (Phi) is 2.30. The molecule has 0 fully saturated rings. The number of rotatable bonds is 2. The fourth-order valence-electron chi connectivity index (χ4n) is 1.56. The monoisotopic (exact) mass is 224 g/mol. The topological polar surface area (TPSA) is 81.9 Å². The first kappa shape index (κ1) is 10.5. The second kappa shape index (κ2) is 3.51. The Balaban J connectivity index is 2.95. The molecule has 2 heterocycles. The van der Waals surface area contributed by atoms with E-state index in [1.807, 2.05) is 0 Å². The summed E-state index contributed by atoms with van der Waals surface area (Å²) in [6.45, 7) is 3.93. The number of nitrogens with zero attached hydrogens (tertiary/aromatic N) is 3. The molecule has 0 spiro atoms. The van der Waals surface area contributed by atoms with E-state index in [1.54, 1.807) is 20.9 Å². The Hall–Kier alpha value is -2.05. The quantitative estimate of drug-likeness (QED) is 0.722. The van der Waals surface area contributed by atoms with Gasteiger partial charge in [-0.1, -0.05) is 0 Å². The van der Waals surface area contributed by atoms with Gasteiger partial charge in [0.25, 0.3) is 5.56 Å². The van der Waals surface area contributed by atoms with Crippen LogP contribution in [0.1, 0.15) is 12.7 Å². The number of hydrogen-bond acceptors (Lipinski definition) is 4. The summed E-state index contributed by atoms with van der Waals surface area (Å²) in [4.78, 5) is 34.6. The van der Waals surface area contributed by atoms with E-state index < -0.39 is 11.2 Å². The van der Waals surface area contributed by atoms with E-state index in [9.17, 15) is 9.59 Å². The van der Waals surface area contributed by atoms with Gasteiger partial charge in [-0.2, -0.15) is 4.73 Å². The molecule has 7 nitrogen and oxygen atoms in total. The lowest BCUT2D eigenvalue weighted by Gasteiger charge is -2.05. The van der Waals surface area contributed by atoms with Crippen LogP contribution in [0.5, 0.6) is 0 Å². The fraction of sp³-hybridized carbons (Fsp3) is 0.444. The fourth-order valence-corrected chi connectivity index (χ4v) is 1.56. The summed E-state index contributed by atoms with van der Waals surface area (Å²) in [6.07, 6.45) is 0. The Labute approximate surface area is 90.3 Å². The largest absolute Gasteiger partial charge is 0.412 e. The normalized spacial score (nSPS) is 10.9. The highest BCUT2D eigenvalue weighted by molar-refractivity contribution is 5.70. The van der Waals surface area contributed by atoms with E-state index in [0.717, 1.165) is 0 Å². The molecule has 86 valence electrons. The Morgan fingerprint density at radius 2 is 2.12 bits per heavy atom. The van der Waals surface area contributed by atoms with Crippen LogP contribution in [0.2, 0.25) is 0 Å². The van der Waals surface area contributed by atoms with Crippen molar-refractivity contribution in [3.8, 4) is 0 Å². The maximum atomic E-state index is 11.7. The number of H-pyrrole nitrogens is 1. The van der Waals surface area contributed by atoms with Crippen molar-refractivity contribution in [2.75, 3.05) is 6.61 Å². The molecule has 0 radical (unpaired) electrons. The number of aryl methyl sites for hydroxylation is 2. The van der Waals surface area contributed by atoms with Gasteiger partial charge in [0.15, 0.2) is 11.2 Å². The molecule has 2 aromatic heterocycles. The van der Waals surface area contributed by atoms with Crippen LogP contribution < -0.4 is 16.1 Å². The van der Waals surface area contributed by atoms with Crippen LogP contribution >= 0.6 is 0 Å². The van der Waals surface area contributed by atoms with Crippen molar-refractivity contribution in [1.82, 2.24) is 19.3 Å². The molecule has 0 aliphatic heterocycles. The highest BCUT2D eigenvalue weighted by Crippen LogP contribution is 2.07. The summed E-state index contributed by atoms with van der Waals surface area (Å²) in [5, 5.41) is 0. The summed E-state index contributed by atoms with van der Waals surface area (Å²) < 4.78 is 2.62. The van der Waals surface area contributed by atoms with Gasteiger partial charge in [-0.3, -0.25) is 14.3 Å². The minimum Gasteiger partial charge on any atom is -0.412 e. The van der Waals surface area contributed by atoms with Crippen molar-refractivity contribution in [1.29, 1.82) is 0 Å². The number of nitrogens with one attached hydrogen (secondary N) is 1. The molecule has 2 rings (SSSR count). The Bertz CT molecular complexity index is 649. The zero-order valence-electron chi connectivity index (χ0n) is 9.27. The van der Waals surface area contributed by atoms with Gasteiger partial charge in [0.1, 0.15) is 12.4 Å². The first-order valence-corrected chi connectivity index (χ1v) is 4.88. The maximum Gasteiger partial charge on any atom is 0.329 e. The highest BCUT2D eigenvalue weighted by atomic mass is 16.7. The molecule has 0 saturated carbocycles. The number of fused-ring (bicyclic) bond motifs is 1.